The highest BCUT2D eigenvalue weighted by molar-refractivity contribution is 7.99. The number of hydrogen-bond donors (Lipinski definition) is 0. The van der Waals surface area contributed by atoms with E-state index in [9.17, 15) is 4.39 Å². The SMILES string of the molecule is CC(C)Sc1ncc(-c2ccc(F)cc2)o1. The summed E-state index contributed by atoms with van der Waals surface area (Å²) in [5.74, 6) is 0.420. The molecule has 0 aliphatic rings. The monoisotopic (exact) mass is 237 g/mol. The van der Waals surface area contributed by atoms with E-state index in [0.717, 1.165) is 5.56 Å². The van der Waals surface area contributed by atoms with E-state index in [2.05, 4.69) is 18.8 Å². The first kappa shape index (κ1) is 11.2. The molecule has 84 valence electrons. The lowest BCUT2D eigenvalue weighted by molar-refractivity contribution is 0.465. The Kier molecular flexibility index (Phi) is 3.29. The molecule has 0 spiro atoms. The van der Waals surface area contributed by atoms with Crippen LogP contribution in [0.5, 0.6) is 0 Å². The van der Waals surface area contributed by atoms with Crippen molar-refractivity contribution in [2.24, 2.45) is 0 Å². The largest absolute Gasteiger partial charge is 0.431 e. The zero-order valence-electron chi connectivity index (χ0n) is 9.11. The van der Waals surface area contributed by atoms with E-state index in [-0.39, 0.29) is 5.82 Å². The van der Waals surface area contributed by atoms with Gasteiger partial charge in [0.2, 0.25) is 0 Å². The molecule has 1 aromatic carbocycles. The minimum absolute atomic E-state index is 0.250. The van der Waals surface area contributed by atoms with Crippen molar-refractivity contribution in [3.8, 4) is 11.3 Å². The van der Waals surface area contributed by atoms with Gasteiger partial charge in [0, 0.05) is 10.8 Å². The van der Waals surface area contributed by atoms with E-state index < -0.39 is 0 Å². The smallest absolute Gasteiger partial charge is 0.256 e. The van der Waals surface area contributed by atoms with Crippen molar-refractivity contribution >= 4 is 11.8 Å². The number of thioether (sulfide) groups is 1. The minimum atomic E-state index is -0.250. The third kappa shape index (κ3) is 2.64. The number of rotatable bonds is 3. The van der Waals surface area contributed by atoms with Crippen LogP contribution >= 0.6 is 11.8 Å². The third-order valence-electron chi connectivity index (χ3n) is 1.95. The molecule has 0 saturated heterocycles. The molecule has 16 heavy (non-hydrogen) atoms. The standard InChI is InChI=1S/C12H12FNOS/c1-8(2)16-12-14-7-11(15-12)9-3-5-10(13)6-4-9/h3-8H,1-2H3. The zero-order chi connectivity index (χ0) is 11.5. The van der Waals surface area contributed by atoms with E-state index in [0.29, 0.717) is 16.2 Å². The number of benzene rings is 1. The molecule has 1 heterocycles. The van der Waals surface area contributed by atoms with Gasteiger partial charge in [-0.05, 0) is 24.3 Å². The summed E-state index contributed by atoms with van der Waals surface area (Å²) in [6.45, 7) is 4.15. The lowest BCUT2D eigenvalue weighted by Crippen LogP contribution is -1.84. The molecule has 0 aliphatic heterocycles. The molecule has 0 unspecified atom stereocenters. The topological polar surface area (TPSA) is 26.0 Å². The van der Waals surface area contributed by atoms with Gasteiger partial charge in [0.05, 0.1) is 6.20 Å². The first-order valence-corrected chi connectivity index (χ1v) is 5.91. The molecule has 4 heteroatoms. The summed E-state index contributed by atoms with van der Waals surface area (Å²) < 4.78 is 18.3. The van der Waals surface area contributed by atoms with E-state index in [1.165, 1.54) is 12.1 Å². The van der Waals surface area contributed by atoms with Crippen LogP contribution in [0.2, 0.25) is 0 Å². The van der Waals surface area contributed by atoms with Gasteiger partial charge in [0.1, 0.15) is 5.82 Å². The highest BCUT2D eigenvalue weighted by Crippen LogP contribution is 2.27. The van der Waals surface area contributed by atoms with E-state index in [4.69, 9.17) is 4.42 Å². The molecule has 0 atom stereocenters. The van der Waals surface area contributed by atoms with Crippen LogP contribution in [0.15, 0.2) is 40.1 Å². The quantitative estimate of drug-likeness (QED) is 0.755. The van der Waals surface area contributed by atoms with Crippen LogP contribution in [0, 0.1) is 5.82 Å². The Morgan fingerprint density at radius 3 is 2.56 bits per heavy atom. The normalized spacial score (nSPS) is 11.0. The maximum Gasteiger partial charge on any atom is 0.256 e. The molecule has 2 nitrogen and oxygen atoms in total. The number of oxazole rings is 1. The van der Waals surface area contributed by atoms with Crippen molar-refractivity contribution in [2.75, 3.05) is 0 Å². The van der Waals surface area contributed by atoms with E-state index in [1.54, 1.807) is 30.1 Å². The Hall–Kier alpha value is -1.29. The number of aromatic nitrogens is 1. The summed E-state index contributed by atoms with van der Waals surface area (Å²) in [4.78, 5) is 4.16. The van der Waals surface area contributed by atoms with Gasteiger partial charge in [0.15, 0.2) is 5.76 Å². The molecule has 0 N–H and O–H groups in total. The van der Waals surface area contributed by atoms with Crippen molar-refractivity contribution in [1.29, 1.82) is 0 Å². The van der Waals surface area contributed by atoms with Crippen molar-refractivity contribution in [2.45, 2.75) is 24.3 Å². The third-order valence-corrected chi connectivity index (χ3v) is 2.81. The lowest BCUT2D eigenvalue weighted by atomic mass is 10.2. The summed E-state index contributed by atoms with van der Waals surface area (Å²) in [5, 5.41) is 1.08. The predicted octanol–water partition coefficient (Wildman–Crippen LogP) is 3.98. The Bertz CT molecular complexity index is 464. The van der Waals surface area contributed by atoms with Gasteiger partial charge < -0.3 is 4.42 Å². The van der Waals surface area contributed by atoms with Crippen LogP contribution in [-0.4, -0.2) is 10.2 Å². The Morgan fingerprint density at radius 1 is 1.25 bits per heavy atom. The molecular weight excluding hydrogens is 225 g/mol. The summed E-state index contributed by atoms with van der Waals surface area (Å²) in [6.07, 6.45) is 1.66. The second-order valence-corrected chi connectivity index (χ2v) is 5.19. The molecular formula is C12H12FNOS. The average Bonchev–Trinajstić information content (AvgIpc) is 2.66. The molecule has 0 bridgehead atoms. The van der Waals surface area contributed by atoms with Crippen LogP contribution < -0.4 is 0 Å². The molecule has 2 aromatic rings. The average molecular weight is 237 g/mol. The number of hydrogen-bond acceptors (Lipinski definition) is 3. The maximum absolute atomic E-state index is 12.7. The Balaban J connectivity index is 2.21. The molecule has 1 aromatic heterocycles. The van der Waals surface area contributed by atoms with Gasteiger partial charge in [-0.15, -0.1) is 0 Å². The van der Waals surface area contributed by atoms with Crippen LogP contribution in [0.25, 0.3) is 11.3 Å². The van der Waals surface area contributed by atoms with Crippen molar-refractivity contribution in [1.82, 2.24) is 4.98 Å². The molecule has 0 saturated carbocycles. The van der Waals surface area contributed by atoms with Gasteiger partial charge in [-0.25, -0.2) is 9.37 Å². The molecule has 0 fully saturated rings. The van der Waals surface area contributed by atoms with Crippen molar-refractivity contribution in [3.05, 3.63) is 36.3 Å². The van der Waals surface area contributed by atoms with Crippen LogP contribution in [-0.2, 0) is 0 Å². The van der Waals surface area contributed by atoms with Gasteiger partial charge in [-0.1, -0.05) is 25.6 Å². The fourth-order valence-corrected chi connectivity index (χ4v) is 1.92. The summed E-state index contributed by atoms with van der Waals surface area (Å²) in [7, 11) is 0. The first-order chi connectivity index (χ1) is 7.65. The fourth-order valence-electron chi connectivity index (χ4n) is 1.26. The summed E-state index contributed by atoms with van der Waals surface area (Å²) >= 11 is 1.57. The van der Waals surface area contributed by atoms with Gasteiger partial charge in [-0.3, -0.25) is 0 Å². The fraction of sp³-hybridized carbons (Fsp3) is 0.250. The predicted molar refractivity (Wildman–Crippen MR) is 62.9 cm³/mol. The highest BCUT2D eigenvalue weighted by Gasteiger charge is 2.08. The van der Waals surface area contributed by atoms with Gasteiger partial charge >= 0.3 is 0 Å². The lowest BCUT2D eigenvalue weighted by Gasteiger charge is -1.98. The van der Waals surface area contributed by atoms with E-state index in [1.807, 2.05) is 0 Å². The zero-order valence-corrected chi connectivity index (χ0v) is 9.92. The van der Waals surface area contributed by atoms with Crippen LogP contribution in [0.4, 0.5) is 4.39 Å². The molecule has 0 amide bonds. The molecule has 0 radical (unpaired) electrons. The Morgan fingerprint density at radius 2 is 1.94 bits per heavy atom. The molecule has 2 rings (SSSR count). The van der Waals surface area contributed by atoms with Crippen LogP contribution in [0.1, 0.15) is 13.8 Å². The maximum atomic E-state index is 12.7. The Labute approximate surface area is 97.9 Å². The summed E-state index contributed by atoms with van der Waals surface area (Å²) in [5.41, 5.74) is 0.838. The first-order valence-electron chi connectivity index (χ1n) is 5.03. The number of halogens is 1. The second-order valence-electron chi connectivity index (χ2n) is 3.66. The molecule has 0 aliphatic carbocycles. The van der Waals surface area contributed by atoms with E-state index >= 15 is 0 Å². The number of nitrogens with zero attached hydrogens (tertiary/aromatic N) is 1. The second kappa shape index (κ2) is 4.70. The van der Waals surface area contributed by atoms with Crippen molar-refractivity contribution in [3.63, 3.8) is 0 Å². The van der Waals surface area contributed by atoms with Gasteiger partial charge in [-0.2, -0.15) is 0 Å². The van der Waals surface area contributed by atoms with Gasteiger partial charge in [0.25, 0.3) is 5.22 Å². The van der Waals surface area contributed by atoms with Crippen molar-refractivity contribution < 1.29 is 8.81 Å². The van der Waals surface area contributed by atoms with Crippen LogP contribution in [0.3, 0.4) is 0 Å². The summed E-state index contributed by atoms with van der Waals surface area (Å²) in [6, 6.07) is 6.18. The highest BCUT2D eigenvalue weighted by atomic mass is 32.2. The minimum Gasteiger partial charge on any atom is -0.431 e.